The van der Waals surface area contributed by atoms with Gasteiger partial charge in [-0.3, -0.25) is 0 Å². The Morgan fingerprint density at radius 3 is 2.55 bits per heavy atom. The maximum Gasteiger partial charge on any atom is 0.214 e. The summed E-state index contributed by atoms with van der Waals surface area (Å²) in [6.07, 6.45) is 1.43. The minimum absolute atomic E-state index is 0.157. The van der Waals surface area contributed by atoms with E-state index in [1.54, 1.807) is 12.1 Å². The van der Waals surface area contributed by atoms with Gasteiger partial charge < -0.3 is 5.32 Å². The lowest BCUT2D eigenvalue weighted by atomic mass is 9.62. The summed E-state index contributed by atoms with van der Waals surface area (Å²) in [6, 6.07) is 17.1. The molecule has 4 heteroatoms. The maximum atomic E-state index is 13.0. The van der Waals surface area contributed by atoms with Crippen molar-refractivity contribution >= 4 is 5.82 Å². The predicted molar refractivity (Wildman–Crippen MR) is 74.6 cm³/mol. The number of nitriles is 1. The van der Waals surface area contributed by atoms with Crippen LogP contribution >= 0.6 is 0 Å². The first-order valence-corrected chi connectivity index (χ1v) is 6.58. The number of anilines is 1. The van der Waals surface area contributed by atoms with Gasteiger partial charge in [0.05, 0.1) is 11.5 Å². The fourth-order valence-electron chi connectivity index (χ4n) is 2.73. The summed E-state index contributed by atoms with van der Waals surface area (Å²) in [4.78, 5) is 3.78. The molecule has 0 aliphatic heterocycles. The van der Waals surface area contributed by atoms with Crippen molar-refractivity contribution in [2.24, 2.45) is 0 Å². The van der Waals surface area contributed by atoms with Crippen LogP contribution in [0.3, 0.4) is 0 Å². The van der Waals surface area contributed by atoms with Crippen molar-refractivity contribution in [3.8, 4) is 6.07 Å². The summed E-state index contributed by atoms with van der Waals surface area (Å²) in [5.41, 5.74) is 0.624. The van der Waals surface area contributed by atoms with E-state index in [4.69, 9.17) is 0 Å². The Labute approximate surface area is 117 Å². The summed E-state index contributed by atoms with van der Waals surface area (Å²) >= 11 is 0. The van der Waals surface area contributed by atoms with Gasteiger partial charge in [0.15, 0.2) is 0 Å². The van der Waals surface area contributed by atoms with Crippen molar-refractivity contribution in [3.63, 3.8) is 0 Å². The van der Waals surface area contributed by atoms with Crippen molar-refractivity contribution < 1.29 is 4.39 Å². The molecule has 0 unspecified atom stereocenters. The van der Waals surface area contributed by atoms with Gasteiger partial charge in [-0.05, 0) is 30.5 Å². The number of aromatic nitrogens is 1. The van der Waals surface area contributed by atoms with E-state index >= 15 is 0 Å². The van der Waals surface area contributed by atoms with Crippen molar-refractivity contribution in [2.45, 2.75) is 24.3 Å². The smallest absolute Gasteiger partial charge is 0.214 e. The van der Waals surface area contributed by atoms with Gasteiger partial charge in [0.1, 0.15) is 5.82 Å². The quantitative estimate of drug-likeness (QED) is 0.868. The fourth-order valence-corrected chi connectivity index (χ4v) is 2.73. The second kappa shape index (κ2) is 4.93. The van der Waals surface area contributed by atoms with Crippen LogP contribution in [0.15, 0.2) is 48.5 Å². The molecule has 1 aliphatic rings. The van der Waals surface area contributed by atoms with Gasteiger partial charge in [-0.15, -0.1) is 0 Å². The van der Waals surface area contributed by atoms with Gasteiger partial charge in [0.2, 0.25) is 5.95 Å². The van der Waals surface area contributed by atoms with E-state index in [0.717, 1.165) is 5.56 Å². The average molecular weight is 267 g/mol. The first-order chi connectivity index (χ1) is 9.72. The fraction of sp³-hybridized carbons (Fsp3) is 0.250. The lowest BCUT2D eigenvalue weighted by Gasteiger charge is -2.43. The number of halogens is 1. The highest BCUT2D eigenvalue weighted by Gasteiger charge is 2.46. The van der Waals surface area contributed by atoms with Crippen LogP contribution in [0.4, 0.5) is 10.2 Å². The lowest BCUT2D eigenvalue weighted by Crippen LogP contribution is -2.47. The van der Waals surface area contributed by atoms with Gasteiger partial charge in [-0.2, -0.15) is 9.65 Å². The van der Waals surface area contributed by atoms with Gasteiger partial charge in [-0.25, -0.2) is 4.98 Å². The Balaban J connectivity index is 1.70. The number of nitrogens with zero attached hydrogens (tertiary/aromatic N) is 2. The number of benzene rings is 1. The van der Waals surface area contributed by atoms with Crippen LogP contribution in [0.25, 0.3) is 0 Å². The molecular formula is C16H14FN3. The molecule has 0 saturated heterocycles. The normalized spacial score (nSPS) is 24.5. The van der Waals surface area contributed by atoms with E-state index < -0.39 is 11.4 Å². The highest BCUT2D eigenvalue weighted by molar-refractivity contribution is 5.42. The molecule has 1 aromatic heterocycles. The Kier molecular flexibility index (Phi) is 3.11. The molecule has 100 valence electrons. The van der Waals surface area contributed by atoms with Crippen molar-refractivity contribution in [3.05, 3.63) is 60.0 Å². The van der Waals surface area contributed by atoms with Crippen LogP contribution in [0.5, 0.6) is 0 Å². The van der Waals surface area contributed by atoms with Crippen LogP contribution in [0.2, 0.25) is 0 Å². The average Bonchev–Trinajstić information content (AvgIpc) is 2.43. The van der Waals surface area contributed by atoms with Crippen LogP contribution in [-0.4, -0.2) is 11.0 Å². The standard InChI is InChI=1S/C16H14FN3/c17-14-7-4-8-15(20-14)19-13-9-16(10-13,11-18)12-5-2-1-3-6-12/h1-8,13H,9-10H2,(H,19,20). The van der Waals surface area contributed by atoms with Crippen LogP contribution in [-0.2, 0) is 5.41 Å². The van der Waals surface area contributed by atoms with Crippen LogP contribution < -0.4 is 5.32 Å². The third kappa shape index (κ3) is 2.23. The van der Waals surface area contributed by atoms with Crippen molar-refractivity contribution in [2.75, 3.05) is 5.32 Å². The second-order valence-electron chi connectivity index (χ2n) is 5.15. The predicted octanol–water partition coefficient (Wildman–Crippen LogP) is 3.26. The third-order valence-electron chi connectivity index (χ3n) is 3.80. The molecule has 0 amide bonds. The second-order valence-corrected chi connectivity index (χ2v) is 5.15. The van der Waals surface area contributed by atoms with Gasteiger partial charge in [0.25, 0.3) is 0 Å². The molecule has 1 fully saturated rings. The van der Waals surface area contributed by atoms with Gasteiger partial charge in [0, 0.05) is 6.04 Å². The summed E-state index contributed by atoms with van der Waals surface area (Å²) < 4.78 is 13.0. The third-order valence-corrected chi connectivity index (χ3v) is 3.80. The maximum absolute atomic E-state index is 13.0. The zero-order valence-electron chi connectivity index (χ0n) is 10.9. The van der Waals surface area contributed by atoms with Gasteiger partial charge in [-0.1, -0.05) is 36.4 Å². The molecule has 3 nitrogen and oxygen atoms in total. The molecule has 1 saturated carbocycles. The molecule has 0 radical (unpaired) electrons. The number of nitrogens with one attached hydrogen (secondary N) is 1. The first kappa shape index (κ1) is 12.6. The Morgan fingerprint density at radius 2 is 1.90 bits per heavy atom. The molecule has 3 rings (SSSR count). The zero-order valence-corrected chi connectivity index (χ0v) is 10.9. The largest absolute Gasteiger partial charge is 0.367 e. The van der Waals surface area contributed by atoms with Gasteiger partial charge >= 0.3 is 0 Å². The van der Waals surface area contributed by atoms with E-state index in [-0.39, 0.29) is 6.04 Å². The number of pyridine rings is 1. The van der Waals surface area contributed by atoms with E-state index in [1.807, 2.05) is 30.3 Å². The summed E-state index contributed by atoms with van der Waals surface area (Å²) in [7, 11) is 0. The van der Waals surface area contributed by atoms with E-state index in [2.05, 4.69) is 16.4 Å². The number of rotatable bonds is 3. The minimum atomic E-state index is -0.496. The van der Waals surface area contributed by atoms with Crippen molar-refractivity contribution in [1.82, 2.24) is 4.98 Å². The molecular weight excluding hydrogens is 253 g/mol. The zero-order chi connectivity index (χ0) is 14.0. The van der Waals surface area contributed by atoms with E-state index in [9.17, 15) is 9.65 Å². The molecule has 0 spiro atoms. The Hall–Kier alpha value is -2.41. The van der Waals surface area contributed by atoms with Crippen LogP contribution in [0, 0.1) is 17.3 Å². The number of hydrogen-bond acceptors (Lipinski definition) is 3. The highest BCUT2D eigenvalue weighted by Crippen LogP contribution is 2.44. The molecule has 2 aromatic rings. The molecule has 1 aromatic carbocycles. The Bertz CT molecular complexity index is 642. The van der Waals surface area contributed by atoms with E-state index in [0.29, 0.717) is 18.7 Å². The SMILES string of the molecule is N#CC1(c2ccccc2)CC(Nc2cccc(F)n2)C1. The topological polar surface area (TPSA) is 48.7 Å². The summed E-state index contributed by atoms with van der Waals surface area (Å²) in [5, 5.41) is 12.6. The minimum Gasteiger partial charge on any atom is -0.367 e. The molecule has 1 aliphatic carbocycles. The Morgan fingerprint density at radius 1 is 1.15 bits per heavy atom. The van der Waals surface area contributed by atoms with Crippen molar-refractivity contribution in [1.29, 1.82) is 5.26 Å². The lowest BCUT2D eigenvalue weighted by molar-refractivity contribution is 0.289. The molecule has 0 atom stereocenters. The first-order valence-electron chi connectivity index (χ1n) is 6.58. The molecule has 1 heterocycles. The highest BCUT2D eigenvalue weighted by atomic mass is 19.1. The summed E-state index contributed by atoms with van der Waals surface area (Å²) in [5.74, 6) is 0.0264. The molecule has 0 bridgehead atoms. The summed E-state index contributed by atoms with van der Waals surface area (Å²) in [6.45, 7) is 0. The van der Waals surface area contributed by atoms with Crippen LogP contribution in [0.1, 0.15) is 18.4 Å². The molecule has 20 heavy (non-hydrogen) atoms. The van der Waals surface area contributed by atoms with E-state index in [1.165, 1.54) is 6.07 Å². The molecule has 1 N–H and O–H groups in total. The monoisotopic (exact) mass is 267 g/mol. The number of hydrogen-bond donors (Lipinski definition) is 1.